The average molecular weight is 584 g/mol. The Morgan fingerprint density at radius 2 is 1.86 bits per heavy atom. The summed E-state index contributed by atoms with van der Waals surface area (Å²) in [5.74, 6) is 2.80. The number of pyridine rings is 1. The second-order valence-corrected chi connectivity index (χ2v) is 12.9. The fourth-order valence-corrected chi connectivity index (χ4v) is 6.98. The van der Waals surface area contributed by atoms with Crippen LogP contribution < -0.4 is 15.4 Å². The summed E-state index contributed by atoms with van der Waals surface area (Å²) >= 11 is 0. The molecule has 1 unspecified atom stereocenters. The summed E-state index contributed by atoms with van der Waals surface area (Å²) in [5.41, 5.74) is 10.2. The molecule has 4 aromatic rings. The number of piperidine rings is 2. The number of amides is 2. The first-order valence-corrected chi connectivity index (χ1v) is 15.7. The lowest BCUT2D eigenvalue weighted by molar-refractivity contribution is -0.120. The number of hydrogen-bond acceptors (Lipinski definition) is 6. The van der Waals surface area contributed by atoms with E-state index in [1.807, 2.05) is 35.0 Å². The molecule has 1 saturated carbocycles. The monoisotopic (exact) mass is 583 g/mol. The summed E-state index contributed by atoms with van der Waals surface area (Å²) in [5, 5.41) is 1.02. The first kappa shape index (κ1) is 27.9. The standard InChI is InChI=1S/C33H41N7O3/c1-19-8-12-24(34)18-38(19)33(42)23-14-25-30(27(16-23)43-4)37(3)32(35-25)26-15-22-11-13-28(40-20(2)6-5-7-29(40)41)36-31(22)39(26)17-21-9-10-21/h11,13-16,19-21,24H,5-10,12,17-18,34H2,1-4H3/t19-,20?,24+/m0/s1. The molecule has 3 aliphatic rings. The molecule has 2 amide bonds. The van der Waals surface area contributed by atoms with Gasteiger partial charge < -0.3 is 24.5 Å². The van der Waals surface area contributed by atoms with Crippen molar-refractivity contribution in [2.75, 3.05) is 18.6 Å². The summed E-state index contributed by atoms with van der Waals surface area (Å²) in [6, 6.07) is 10.1. The molecule has 3 fully saturated rings. The van der Waals surface area contributed by atoms with Gasteiger partial charge in [0, 0.05) is 55.6 Å². The molecule has 1 aromatic carbocycles. The van der Waals surface area contributed by atoms with Crippen molar-refractivity contribution < 1.29 is 14.3 Å². The highest BCUT2D eigenvalue weighted by Crippen LogP contribution is 2.38. The molecule has 3 atom stereocenters. The van der Waals surface area contributed by atoms with E-state index in [2.05, 4.69) is 35.1 Å². The van der Waals surface area contributed by atoms with Gasteiger partial charge in [-0.3, -0.25) is 14.5 Å². The first-order valence-electron chi connectivity index (χ1n) is 15.7. The minimum atomic E-state index is -0.0453. The van der Waals surface area contributed by atoms with Crippen molar-refractivity contribution in [3.63, 3.8) is 0 Å². The molecule has 5 heterocycles. The van der Waals surface area contributed by atoms with Crippen LogP contribution in [0.5, 0.6) is 5.75 Å². The predicted molar refractivity (Wildman–Crippen MR) is 167 cm³/mol. The van der Waals surface area contributed by atoms with Gasteiger partial charge in [0.1, 0.15) is 22.7 Å². The zero-order chi connectivity index (χ0) is 30.0. The van der Waals surface area contributed by atoms with Crippen LogP contribution in [-0.2, 0) is 18.4 Å². The third-order valence-electron chi connectivity index (χ3n) is 9.65. The van der Waals surface area contributed by atoms with Crippen molar-refractivity contribution in [3.05, 3.63) is 35.9 Å². The Morgan fingerprint density at radius 1 is 1.05 bits per heavy atom. The maximum Gasteiger partial charge on any atom is 0.254 e. The van der Waals surface area contributed by atoms with Crippen molar-refractivity contribution in [3.8, 4) is 17.3 Å². The SMILES string of the molecule is COc1cc(C(=O)N2C[C@H](N)CC[C@@H]2C)cc2nc(-c3cc4ccc(N5C(=O)CCCC5C)nc4n3CC3CC3)n(C)c12. The van der Waals surface area contributed by atoms with Crippen LogP contribution in [0.25, 0.3) is 33.6 Å². The molecule has 10 heteroatoms. The molecule has 2 saturated heterocycles. The Morgan fingerprint density at radius 3 is 2.60 bits per heavy atom. The number of fused-ring (bicyclic) bond motifs is 2. The van der Waals surface area contributed by atoms with Gasteiger partial charge in [0.15, 0.2) is 5.82 Å². The predicted octanol–water partition coefficient (Wildman–Crippen LogP) is 4.87. The van der Waals surface area contributed by atoms with E-state index in [9.17, 15) is 9.59 Å². The second-order valence-electron chi connectivity index (χ2n) is 12.9. The summed E-state index contributed by atoms with van der Waals surface area (Å²) in [6.07, 6.45) is 6.68. The van der Waals surface area contributed by atoms with E-state index in [1.54, 1.807) is 7.11 Å². The lowest BCUT2D eigenvalue weighted by Crippen LogP contribution is -2.50. The number of hydrogen-bond donors (Lipinski definition) is 1. The van der Waals surface area contributed by atoms with E-state index in [-0.39, 0.29) is 29.9 Å². The zero-order valence-electron chi connectivity index (χ0n) is 25.5. The number of carbonyl (C=O) groups excluding carboxylic acids is 2. The largest absolute Gasteiger partial charge is 0.494 e. The number of aryl methyl sites for hydroxylation is 1. The summed E-state index contributed by atoms with van der Waals surface area (Å²) < 4.78 is 10.2. The number of rotatable bonds is 6. The van der Waals surface area contributed by atoms with Gasteiger partial charge in [0.25, 0.3) is 5.91 Å². The number of imidazole rings is 1. The van der Waals surface area contributed by atoms with E-state index in [0.29, 0.717) is 41.5 Å². The maximum absolute atomic E-state index is 13.7. The molecule has 7 rings (SSSR count). The van der Waals surface area contributed by atoms with E-state index in [1.165, 1.54) is 12.8 Å². The van der Waals surface area contributed by atoms with Crippen LogP contribution >= 0.6 is 0 Å². The van der Waals surface area contributed by atoms with Crippen LogP contribution in [0.4, 0.5) is 5.82 Å². The average Bonchev–Trinajstić information content (AvgIpc) is 3.67. The van der Waals surface area contributed by atoms with Gasteiger partial charge in [-0.15, -0.1) is 0 Å². The molecule has 2 N–H and O–H groups in total. The van der Waals surface area contributed by atoms with Gasteiger partial charge in [-0.25, -0.2) is 9.97 Å². The summed E-state index contributed by atoms with van der Waals surface area (Å²) in [4.78, 5) is 40.5. The minimum absolute atomic E-state index is 0.00835. The molecule has 0 bridgehead atoms. The van der Waals surface area contributed by atoms with Gasteiger partial charge in [0.05, 0.1) is 18.3 Å². The van der Waals surface area contributed by atoms with Crippen molar-refractivity contribution in [1.82, 2.24) is 24.0 Å². The Balaban J connectivity index is 1.34. The molecule has 43 heavy (non-hydrogen) atoms. The smallest absolute Gasteiger partial charge is 0.254 e. The van der Waals surface area contributed by atoms with Crippen LogP contribution in [0.15, 0.2) is 30.3 Å². The number of ether oxygens (including phenoxy) is 1. The zero-order valence-corrected chi connectivity index (χ0v) is 25.5. The van der Waals surface area contributed by atoms with Crippen molar-refractivity contribution in [2.45, 2.75) is 83.5 Å². The molecule has 0 spiro atoms. The van der Waals surface area contributed by atoms with Gasteiger partial charge in [-0.2, -0.15) is 0 Å². The number of likely N-dealkylation sites (tertiary alicyclic amines) is 1. The first-order chi connectivity index (χ1) is 20.7. The van der Waals surface area contributed by atoms with E-state index in [4.69, 9.17) is 20.4 Å². The minimum Gasteiger partial charge on any atom is -0.494 e. The highest BCUT2D eigenvalue weighted by atomic mass is 16.5. The lowest BCUT2D eigenvalue weighted by atomic mass is 9.99. The quantitative estimate of drug-likeness (QED) is 0.347. The molecular formula is C33H41N7O3. The van der Waals surface area contributed by atoms with E-state index < -0.39 is 0 Å². The molecule has 0 radical (unpaired) electrons. The van der Waals surface area contributed by atoms with Crippen molar-refractivity contribution in [1.29, 1.82) is 0 Å². The lowest BCUT2D eigenvalue weighted by Gasteiger charge is -2.36. The second kappa shape index (κ2) is 10.7. The van der Waals surface area contributed by atoms with Crippen molar-refractivity contribution >= 4 is 39.7 Å². The van der Waals surface area contributed by atoms with Crippen LogP contribution in [0, 0.1) is 5.92 Å². The number of nitrogens with zero attached hydrogens (tertiary/aromatic N) is 6. The third kappa shape index (κ3) is 4.85. The number of benzene rings is 1. The van der Waals surface area contributed by atoms with Crippen LogP contribution in [0.2, 0.25) is 0 Å². The molecule has 2 aliphatic heterocycles. The fraction of sp³-hybridized carbons (Fsp3) is 0.515. The molecule has 3 aromatic heterocycles. The maximum atomic E-state index is 13.7. The van der Waals surface area contributed by atoms with Crippen LogP contribution in [0.1, 0.15) is 69.2 Å². The molecule has 1 aliphatic carbocycles. The van der Waals surface area contributed by atoms with Crippen molar-refractivity contribution in [2.24, 2.45) is 18.7 Å². The normalized spacial score (nSPS) is 23.0. The van der Waals surface area contributed by atoms with Gasteiger partial charge in [-0.1, -0.05) is 0 Å². The highest BCUT2D eigenvalue weighted by molar-refractivity contribution is 6.00. The molecule has 10 nitrogen and oxygen atoms in total. The number of carbonyl (C=O) groups is 2. The number of anilines is 1. The summed E-state index contributed by atoms with van der Waals surface area (Å²) in [7, 11) is 3.63. The Bertz CT molecular complexity index is 1740. The van der Waals surface area contributed by atoms with Crippen LogP contribution in [-0.4, -0.2) is 67.6 Å². The number of nitrogens with two attached hydrogens (primary N) is 1. The topological polar surface area (TPSA) is 112 Å². The highest BCUT2D eigenvalue weighted by Gasteiger charge is 2.31. The number of methoxy groups -OCH3 is 1. The molecular weight excluding hydrogens is 542 g/mol. The van der Waals surface area contributed by atoms with E-state index >= 15 is 0 Å². The Labute approximate surface area is 251 Å². The summed E-state index contributed by atoms with van der Waals surface area (Å²) in [6.45, 7) is 5.57. The Kier molecular flexibility index (Phi) is 6.91. The van der Waals surface area contributed by atoms with Gasteiger partial charge >= 0.3 is 0 Å². The van der Waals surface area contributed by atoms with Crippen LogP contribution in [0.3, 0.4) is 0 Å². The fourth-order valence-electron chi connectivity index (χ4n) is 6.98. The van der Waals surface area contributed by atoms with Gasteiger partial charge in [0.2, 0.25) is 5.91 Å². The Hall–Kier alpha value is -3.92. The third-order valence-corrected chi connectivity index (χ3v) is 9.65. The molecule has 226 valence electrons. The van der Waals surface area contributed by atoms with Gasteiger partial charge in [-0.05, 0) is 88.6 Å². The van der Waals surface area contributed by atoms with E-state index in [0.717, 1.165) is 60.3 Å². The number of aromatic nitrogens is 4.